The molecule has 0 fully saturated rings. The maximum Gasteiger partial charge on any atom is 0.235 e. The SMILES string of the molecule is CC(Oc1ccccc1)c1nn2c(-c3cccc(Br)c3)nnc2s1. The number of ether oxygens (including phenoxy) is 1. The number of para-hydroxylation sites is 1. The lowest BCUT2D eigenvalue weighted by Gasteiger charge is -2.11. The summed E-state index contributed by atoms with van der Waals surface area (Å²) in [6, 6.07) is 17.7. The molecule has 0 bridgehead atoms. The van der Waals surface area contributed by atoms with E-state index in [1.807, 2.05) is 61.5 Å². The minimum absolute atomic E-state index is 0.158. The highest BCUT2D eigenvalue weighted by molar-refractivity contribution is 9.10. The van der Waals surface area contributed by atoms with E-state index in [0.717, 1.165) is 31.6 Å². The zero-order valence-corrected chi connectivity index (χ0v) is 15.2. The highest BCUT2D eigenvalue weighted by Crippen LogP contribution is 2.28. The molecule has 7 heteroatoms. The van der Waals surface area contributed by atoms with Crippen molar-refractivity contribution in [3.8, 4) is 17.1 Å². The van der Waals surface area contributed by atoms with Crippen molar-refractivity contribution in [2.75, 3.05) is 0 Å². The Morgan fingerprint density at radius 1 is 1.08 bits per heavy atom. The Morgan fingerprint density at radius 3 is 2.71 bits per heavy atom. The van der Waals surface area contributed by atoms with Crippen LogP contribution in [0.5, 0.6) is 5.75 Å². The molecule has 0 amide bonds. The fourth-order valence-corrected chi connectivity index (χ4v) is 3.58. The van der Waals surface area contributed by atoms with Gasteiger partial charge in [0.15, 0.2) is 10.8 Å². The van der Waals surface area contributed by atoms with Crippen molar-refractivity contribution >= 4 is 32.2 Å². The van der Waals surface area contributed by atoms with Gasteiger partial charge in [-0.05, 0) is 31.2 Å². The van der Waals surface area contributed by atoms with E-state index in [2.05, 4.69) is 31.2 Å². The van der Waals surface area contributed by atoms with Gasteiger partial charge < -0.3 is 4.74 Å². The molecule has 4 aromatic rings. The Morgan fingerprint density at radius 2 is 1.92 bits per heavy atom. The van der Waals surface area contributed by atoms with E-state index in [-0.39, 0.29) is 6.10 Å². The molecule has 4 rings (SSSR count). The second-order valence-electron chi connectivity index (χ2n) is 5.24. The minimum Gasteiger partial charge on any atom is -0.483 e. The molecule has 0 N–H and O–H groups in total. The van der Waals surface area contributed by atoms with Gasteiger partial charge in [0.1, 0.15) is 11.9 Å². The van der Waals surface area contributed by atoms with Crippen LogP contribution in [0.2, 0.25) is 0 Å². The first-order valence-electron chi connectivity index (χ1n) is 7.40. The first kappa shape index (κ1) is 15.3. The molecule has 1 unspecified atom stereocenters. The highest BCUT2D eigenvalue weighted by atomic mass is 79.9. The summed E-state index contributed by atoms with van der Waals surface area (Å²) in [5.41, 5.74) is 0.963. The van der Waals surface area contributed by atoms with Gasteiger partial charge >= 0.3 is 0 Å². The van der Waals surface area contributed by atoms with Gasteiger partial charge in [0.25, 0.3) is 0 Å². The van der Waals surface area contributed by atoms with Gasteiger partial charge in [-0.15, -0.1) is 10.2 Å². The van der Waals surface area contributed by atoms with Crippen molar-refractivity contribution in [3.63, 3.8) is 0 Å². The molecule has 0 aliphatic carbocycles. The Labute approximate surface area is 151 Å². The van der Waals surface area contributed by atoms with Gasteiger partial charge in [0, 0.05) is 10.0 Å². The zero-order chi connectivity index (χ0) is 16.5. The summed E-state index contributed by atoms with van der Waals surface area (Å²) in [5, 5.41) is 14.0. The van der Waals surface area contributed by atoms with Crippen molar-refractivity contribution in [1.82, 2.24) is 19.8 Å². The molecule has 0 aliphatic heterocycles. The van der Waals surface area contributed by atoms with Crippen LogP contribution < -0.4 is 4.74 Å². The van der Waals surface area contributed by atoms with E-state index in [0.29, 0.717) is 0 Å². The molecular weight excluding hydrogens is 388 g/mol. The topological polar surface area (TPSA) is 52.3 Å². The predicted octanol–water partition coefficient (Wildman–Crippen LogP) is 4.76. The van der Waals surface area contributed by atoms with Crippen molar-refractivity contribution in [2.45, 2.75) is 13.0 Å². The molecule has 0 saturated carbocycles. The molecule has 2 heterocycles. The normalized spacial score (nSPS) is 12.4. The quantitative estimate of drug-likeness (QED) is 0.495. The summed E-state index contributed by atoms with van der Waals surface area (Å²) < 4.78 is 8.71. The second kappa shape index (κ2) is 6.33. The third-order valence-corrected chi connectivity index (χ3v) is 5.05. The number of hydrogen-bond donors (Lipinski definition) is 0. The highest BCUT2D eigenvalue weighted by Gasteiger charge is 2.18. The van der Waals surface area contributed by atoms with Crippen LogP contribution in [0.15, 0.2) is 59.1 Å². The van der Waals surface area contributed by atoms with E-state index in [9.17, 15) is 0 Å². The third-order valence-electron chi connectivity index (χ3n) is 3.49. The summed E-state index contributed by atoms with van der Waals surface area (Å²) >= 11 is 4.97. The van der Waals surface area contributed by atoms with Crippen LogP contribution in [0, 0.1) is 0 Å². The number of nitrogens with zero attached hydrogens (tertiary/aromatic N) is 4. The maximum absolute atomic E-state index is 5.94. The molecule has 0 radical (unpaired) electrons. The van der Waals surface area contributed by atoms with Gasteiger partial charge in [-0.3, -0.25) is 0 Å². The summed E-state index contributed by atoms with van der Waals surface area (Å²) in [6.45, 7) is 1.98. The molecule has 0 saturated heterocycles. The fraction of sp³-hybridized carbons (Fsp3) is 0.118. The van der Waals surface area contributed by atoms with Crippen LogP contribution >= 0.6 is 27.3 Å². The largest absolute Gasteiger partial charge is 0.483 e. The summed E-state index contributed by atoms with van der Waals surface area (Å²) in [4.78, 5) is 0.753. The Kier molecular flexibility index (Phi) is 4.03. The standard InChI is InChI=1S/C17H13BrN4OS/c1-11(23-14-8-3-2-4-9-14)16-21-22-15(19-20-17(22)24-16)12-6-5-7-13(18)10-12/h2-11H,1H3. The monoisotopic (exact) mass is 400 g/mol. The lowest BCUT2D eigenvalue weighted by molar-refractivity contribution is 0.225. The minimum atomic E-state index is -0.158. The summed E-state index contributed by atoms with van der Waals surface area (Å²) in [6.07, 6.45) is -0.158. The Bertz CT molecular complexity index is 983. The number of fused-ring (bicyclic) bond motifs is 1. The van der Waals surface area contributed by atoms with Gasteiger partial charge in [-0.1, -0.05) is 57.6 Å². The van der Waals surface area contributed by atoms with Crippen molar-refractivity contribution in [3.05, 3.63) is 64.1 Å². The van der Waals surface area contributed by atoms with Crippen LogP contribution in [0.3, 0.4) is 0 Å². The average molecular weight is 401 g/mol. The molecule has 5 nitrogen and oxygen atoms in total. The Hall–Kier alpha value is -2.25. The van der Waals surface area contributed by atoms with Crippen LogP contribution in [-0.4, -0.2) is 19.8 Å². The van der Waals surface area contributed by atoms with Gasteiger partial charge in [0.05, 0.1) is 0 Å². The number of benzene rings is 2. The van der Waals surface area contributed by atoms with E-state index in [1.165, 1.54) is 11.3 Å². The molecule has 2 aromatic carbocycles. The molecule has 24 heavy (non-hydrogen) atoms. The number of halogens is 1. The smallest absolute Gasteiger partial charge is 0.235 e. The molecule has 0 aliphatic rings. The van der Waals surface area contributed by atoms with Crippen LogP contribution in [0.4, 0.5) is 0 Å². The van der Waals surface area contributed by atoms with Crippen LogP contribution in [-0.2, 0) is 0 Å². The molecule has 120 valence electrons. The van der Waals surface area contributed by atoms with E-state index < -0.39 is 0 Å². The van der Waals surface area contributed by atoms with Crippen LogP contribution in [0.1, 0.15) is 18.0 Å². The lowest BCUT2D eigenvalue weighted by atomic mass is 10.2. The fourth-order valence-electron chi connectivity index (χ4n) is 2.36. The van der Waals surface area contributed by atoms with Gasteiger partial charge in [-0.25, -0.2) is 0 Å². The average Bonchev–Trinajstić information content (AvgIpc) is 3.16. The van der Waals surface area contributed by atoms with Crippen LogP contribution in [0.25, 0.3) is 16.3 Å². The number of hydrogen-bond acceptors (Lipinski definition) is 5. The van der Waals surface area contributed by atoms with Crippen molar-refractivity contribution < 1.29 is 4.74 Å². The first-order valence-corrected chi connectivity index (χ1v) is 9.01. The van der Waals surface area contributed by atoms with E-state index in [4.69, 9.17) is 4.74 Å². The van der Waals surface area contributed by atoms with Gasteiger partial charge in [-0.2, -0.15) is 9.61 Å². The van der Waals surface area contributed by atoms with Crippen molar-refractivity contribution in [2.24, 2.45) is 0 Å². The molecule has 0 spiro atoms. The predicted molar refractivity (Wildman–Crippen MR) is 97.3 cm³/mol. The van der Waals surface area contributed by atoms with E-state index in [1.54, 1.807) is 4.52 Å². The third kappa shape index (κ3) is 2.92. The lowest BCUT2D eigenvalue weighted by Crippen LogP contribution is -2.03. The van der Waals surface area contributed by atoms with E-state index >= 15 is 0 Å². The number of rotatable bonds is 4. The molecular formula is C17H13BrN4OS. The molecule has 2 aromatic heterocycles. The van der Waals surface area contributed by atoms with Gasteiger partial charge in [0.2, 0.25) is 4.96 Å². The zero-order valence-electron chi connectivity index (χ0n) is 12.8. The summed E-state index contributed by atoms with van der Waals surface area (Å²) in [5.74, 6) is 1.55. The maximum atomic E-state index is 5.94. The summed E-state index contributed by atoms with van der Waals surface area (Å²) in [7, 11) is 0. The van der Waals surface area contributed by atoms with Crippen molar-refractivity contribution in [1.29, 1.82) is 0 Å². The number of aromatic nitrogens is 4. The Balaban J connectivity index is 1.67. The second-order valence-corrected chi connectivity index (χ2v) is 7.14. The molecule has 1 atom stereocenters. The first-order chi connectivity index (χ1) is 11.7.